The highest BCUT2D eigenvalue weighted by Crippen LogP contribution is 2.29. The Labute approximate surface area is 318 Å². The molecule has 0 spiro atoms. The van der Waals surface area contributed by atoms with Crippen LogP contribution in [0.3, 0.4) is 0 Å². The molecule has 2 heterocycles. The summed E-state index contributed by atoms with van der Waals surface area (Å²) in [5, 5.41) is 6.07. The summed E-state index contributed by atoms with van der Waals surface area (Å²) in [6.07, 6.45) is 5.33. The van der Waals surface area contributed by atoms with Crippen molar-refractivity contribution in [3.8, 4) is 0 Å². The molecule has 2 rings (SSSR count). The van der Waals surface area contributed by atoms with E-state index >= 15 is 0 Å². The van der Waals surface area contributed by atoms with Gasteiger partial charge >= 0.3 is 0 Å². The lowest BCUT2D eigenvalue weighted by Gasteiger charge is -2.41. The molecule has 0 bridgehead atoms. The fourth-order valence-corrected chi connectivity index (χ4v) is 7.67. The molecule has 14 nitrogen and oxygen atoms in total. The number of carbonyl (C=O) groups excluding carboxylic acids is 4. The van der Waals surface area contributed by atoms with Gasteiger partial charge in [0.05, 0.1) is 49.3 Å². The topological polar surface area (TPSA) is 169 Å². The summed E-state index contributed by atoms with van der Waals surface area (Å²) in [6, 6.07) is 1.83. The summed E-state index contributed by atoms with van der Waals surface area (Å²) in [5.74, 6) is 3.76. The minimum Gasteiger partial charge on any atom is -0.379 e. The second-order valence-corrected chi connectivity index (χ2v) is 15.3. The number of nitrogens with one attached hydrogen (secondary N) is 2. The average Bonchev–Trinajstić information content (AvgIpc) is 3.62. The van der Waals surface area contributed by atoms with Gasteiger partial charge in [0.25, 0.3) is 0 Å². The lowest BCUT2D eigenvalue weighted by atomic mass is 9.89. The van der Waals surface area contributed by atoms with Crippen LogP contribution in [0.15, 0.2) is 24.5 Å². The maximum atomic E-state index is 14.3. The highest BCUT2D eigenvalue weighted by molar-refractivity contribution is 5.90. The molecule has 0 saturated carbocycles. The monoisotopic (exact) mass is 748 g/mol. The number of likely N-dealkylation sites (N-methyl/N-ethyl adjacent to an activating group) is 2. The van der Waals surface area contributed by atoms with Crippen molar-refractivity contribution in [1.29, 1.82) is 0 Å². The summed E-state index contributed by atoms with van der Waals surface area (Å²) in [5.41, 5.74) is 1.08. The largest absolute Gasteiger partial charge is 0.379 e. The highest BCUT2D eigenvalue weighted by Gasteiger charge is 2.43. The number of likely N-dealkylation sites (tertiary alicyclic amines) is 1. The van der Waals surface area contributed by atoms with E-state index in [0.29, 0.717) is 32.5 Å². The van der Waals surface area contributed by atoms with Crippen molar-refractivity contribution in [2.75, 3.05) is 54.6 Å². The van der Waals surface area contributed by atoms with E-state index in [1.54, 1.807) is 38.6 Å². The van der Waals surface area contributed by atoms with Gasteiger partial charge in [-0.1, -0.05) is 54.9 Å². The summed E-state index contributed by atoms with van der Waals surface area (Å²) in [7, 11) is 6.72. The fourth-order valence-electron chi connectivity index (χ4n) is 7.67. The molecular formula is C39H69N7O7. The van der Waals surface area contributed by atoms with Gasteiger partial charge in [-0.3, -0.25) is 29.1 Å². The van der Waals surface area contributed by atoms with Crippen LogP contribution in [-0.4, -0.2) is 134 Å². The van der Waals surface area contributed by atoms with Crippen molar-refractivity contribution in [3.05, 3.63) is 30.1 Å². The first-order valence-electron chi connectivity index (χ1n) is 19.2. The Morgan fingerprint density at radius 2 is 1.66 bits per heavy atom. The minimum absolute atomic E-state index is 0.0204. The van der Waals surface area contributed by atoms with E-state index in [9.17, 15) is 19.2 Å². The lowest BCUT2D eigenvalue weighted by Crippen LogP contribution is -2.60. The Kier molecular flexibility index (Phi) is 19.9. The SMILES string of the molecule is CC[C@H](C)[C@@H]([C@@H](CC(=O)N1CCC[C@H]1[C@H](OC)[C@@H](C)C(=O)NCCc1ccncc1)OC)N(C)C(=O)[C@@H](NC(=O)C(C(C)C)N(C)CCON)C(C)C. The number of hydrogen-bond donors (Lipinski definition) is 3. The summed E-state index contributed by atoms with van der Waals surface area (Å²) in [4.78, 5) is 69.5. The van der Waals surface area contributed by atoms with E-state index in [-0.39, 0.29) is 60.5 Å². The molecular weight excluding hydrogens is 678 g/mol. The number of rotatable bonds is 23. The van der Waals surface area contributed by atoms with E-state index < -0.39 is 36.3 Å². The van der Waals surface area contributed by atoms with Gasteiger partial charge in [-0.25, -0.2) is 5.90 Å². The molecule has 0 aromatic carbocycles. The molecule has 0 aliphatic carbocycles. The highest BCUT2D eigenvalue weighted by atomic mass is 16.6. The van der Waals surface area contributed by atoms with E-state index in [2.05, 4.69) is 15.6 Å². The molecule has 8 atom stereocenters. The van der Waals surface area contributed by atoms with Crippen molar-refractivity contribution in [2.24, 2.45) is 29.6 Å². The molecule has 1 aromatic heterocycles. The number of hydrogen-bond acceptors (Lipinski definition) is 10. The molecule has 14 heteroatoms. The van der Waals surface area contributed by atoms with Gasteiger partial charge in [-0.15, -0.1) is 0 Å². The van der Waals surface area contributed by atoms with E-state index in [1.807, 2.05) is 77.4 Å². The number of methoxy groups -OCH3 is 2. The molecule has 1 aliphatic heterocycles. The third kappa shape index (κ3) is 13.0. The summed E-state index contributed by atoms with van der Waals surface area (Å²) in [6.45, 7) is 15.4. The standard InChI is InChI=1S/C39H69N7O7/c1-12-27(6)35(45(9)39(50)33(25(2)3)43-38(49)34(26(4)5)44(8)22-23-53-40)31(51-10)24-32(47)46-21-13-14-30(46)36(52-11)28(7)37(48)42-20-17-29-15-18-41-19-16-29/h15-16,18-19,25-28,30-31,33-36H,12-14,17,20-24,40H2,1-11H3,(H,42,48)(H,43,49)/t27-,28+,30-,31+,33-,34?,35-,36+/m0/s1. The third-order valence-electron chi connectivity index (χ3n) is 10.9. The van der Waals surface area contributed by atoms with Crippen LogP contribution >= 0.6 is 0 Å². The van der Waals surface area contributed by atoms with E-state index in [1.165, 1.54) is 0 Å². The quantitative estimate of drug-likeness (QED) is 0.142. The predicted molar refractivity (Wildman–Crippen MR) is 205 cm³/mol. The second kappa shape index (κ2) is 22.9. The predicted octanol–water partition coefficient (Wildman–Crippen LogP) is 2.65. The minimum atomic E-state index is -0.796. The average molecular weight is 748 g/mol. The van der Waals surface area contributed by atoms with Crippen molar-refractivity contribution in [3.63, 3.8) is 0 Å². The van der Waals surface area contributed by atoms with Crippen LogP contribution in [0.2, 0.25) is 0 Å². The maximum Gasteiger partial charge on any atom is 0.245 e. The molecule has 1 unspecified atom stereocenters. The zero-order valence-corrected chi connectivity index (χ0v) is 34.2. The number of nitrogens with zero attached hydrogens (tertiary/aromatic N) is 4. The molecule has 1 aromatic rings. The van der Waals surface area contributed by atoms with Crippen LogP contribution in [0.4, 0.5) is 0 Å². The Bertz CT molecular complexity index is 1270. The Morgan fingerprint density at radius 3 is 2.21 bits per heavy atom. The number of nitrogens with two attached hydrogens (primary N) is 1. The normalized spacial score (nSPS) is 18.7. The number of pyridine rings is 1. The van der Waals surface area contributed by atoms with Crippen LogP contribution in [0.1, 0.15) is 79.7 Å². The van der Waals surface area contributed by atoms with Gasteiger partial charge in [0, 0.05) is 53.3 Å². The molecule has 4 N–H and O–H groups in total. The molecule has 0 radical (unpaired) electrons. The van der Waals surface area contributed by atoms with Crippen LogP contribution < -0.4 is 16.5 Å². The van der Waals surface area contributed by atoms with Crippen LogP contribution in [0.5, 0.6) is 0 Å². The van der Waals surface area contributed by atoms with Gasteiger partial charge in [0.1, 0.15) is 6.04 Å². The first kappa shape index (κ1) is 46.0. The zero-order valence-electron chi connectivity index (χ0n) is 34.2. The van der Waals surface area contributed by atoms with Crippen molar-refractivity contribution < 1.29 is 33.5 Å². The molecule has 1 aliphatic rings. The van der Waals surface area contributed by atoms with Crippen molar-refractivity contribution in [2.45, 2.75) is 117 Å². The number of ether oxygens (including phenoxy) is 2. The van der Waals surface area contributed by atoms with Crippen LogP contribution in [0.25, 0.3) is 0 Å². The van der Waals surface area contributed by atoms with Gasteiger partial charge in [0.2, 0.25) is 23.6 Å². The van der Waals surface area contributed by atoms with Crippen LogP contribution in [0, 0.1) is 23.7 Å². The summed E-state index contributed by atoms with van der Waals surface area (Å²) < 4.78 is 11.9. The zero-order chi connectivity index (χ0) is 39.8. The second-order valence-electron chi connectivity index (χ2n) is 15.3. The Morgan fingerprint density at radius 1 is 1.00 bits per heavy atom. The fraction of sp³-hybridized carbons (Fsp3) is 0.769. The van der Waals surface area contributed by atoms with Gasteiger partial charge in [0.15, 0.2) is 0 Å². The lowest BCUT2D eigenvalue weighted by molar-refractivity contribution is -0.148. The van der Waals surface area contributed by atoms with Crippen LogP contribution in [-0.2, 0) is 39.9 Å². The van der Waals surface area contributed by atoms with E-state index in [4.69, 9.17) is 20.2 Å². The van der Waals surface area contributed by atoms with Crippen molar-refractivity contribution in [1.82, 2.24) is 30.3 Å². The maximum absolute atomic E-state index is 14.3. The Hall–Kier alpha value is -3.17. The summed E-state index contributed by atoms with van der Waals surface area (Å²) >= 11 is 0. The number of amides is 4. The molecule has 1 fully saturated rings. The van der Waals surface area contributed by atoms with Gasteiger partial charge in [-0.2, -0.15) is 0 Å². The first-order valence-corrected chi connectivity index (χ1v) is 19.2. The number of carbonyl (C=O) groups is 4. The third-order valence-corrected chi connectivity index (χ3v) is 10.9. The molecule has 1 saturated heterocycles. The van der Waals surface area contributed by atoms with Gasteiger partial charge in [-0.05, 0) is 61.8 Å². The smallest absolute Gasteiger partial charge is 0.245 e. The Balaban J connectivity index is 2.22. The van der Waals surface area contributed by atoms with E-state index in [0.717, 1.165) is 18.4 Å². The molecule has 4 amide bonds. The van der Waals surface area contributed by atoms with Gasteiger partial charge < -0.3 is 34.7 Å². The molecule has 53 heavy (non-hydrogen) atoms. The number of aromatic nitrogens is 1. The molecule has 302 valence electrons. The first-order chi connectivity index (χ1) is 25.1. The van der Waals surface area contributed by atoms with Crippen molar-refractivity contribution >= 4 is 23.6 Å².